The first-order chi connectivity index (χ1) is 4.22. The van der Waals surface area contributed by atoms with Crippen LogP contribution in [0.4, 0.5) is 0 Å². The van der Waals surface area contributed by atoms with Gasteiger partial charge in [0.25, 0.3) is 0 Å². The van der Waals surface area contributed by atoms with E-state index in [1.165, 1.54) is 12.2 Å². The Balaban J connectivity index is 4.13. The summed E-state index contributed by atoms with van der Waals surface area (Å²) in [6.45, 7) is 6.46. The summed E-state index contributed by atoms with van der Waals surface area (Å²) in [7, 11) is -1.56. The molecule has 0 unspecified atom stereocenters. The van der Waals surface area contributed by atoms with E-state index < -0.39 is 7.12 Å². The van der Waals surface area contributed by atoms with Crippen LogP contribution in [0.2, 0.25) is 0 Å². The summed E-state index contributed by atoms with van der Waals surface area (Å²) >= 11 is 0. The number of nitrogens with zero attached hydrogens (tertiary/aromatic N) is 1. The molecule has 0 atom stereocenters. The maximum absolute atomic E-state index is 8.45. The van der Waals surface area contributed by atoms with Crippen LogP contribution < -0.4 is 0 Å². The molecule has 0 rings (SSSR count). The highest BCUT2D eigenvalue weighted by Crippen LogP contribution is 1.95. The Hall–Kier alpha value is -0.865. The van der Waals surface area contributed by atoms with Crippen LogP contribution in [0.3, 0.4) is 0 Å². The van der Waals surface area contributed by atoms with Gasteiger partial charge in [-0.3, -0.25) is 4.99 Å². The topological polar surface area (TPSA) is 52.8 Å². The van der Waals surface area contributed by atoms with E-state index in [2.05, 4.69) is 18.3 Å². The summed E-state index contributed by atoms with van der Waals surface area (Å²) in [5.74, 6) is 0. The van der Waals surface area contributed by atoms with Crippen LogP contribution in [0.25, 0.3) is 0 Å². The fourth-order valence-electron chi connectivity index (χ4n) is 0.341. The molecular weight excluding hydrogens is 117 g/mol. The van der Waals surface area contributed by atoms with Gasteiger partial charge in [-0.25, -0.2) is 0 Å². The zero-order valence-electron chi connectivity index (χ0n) is 4.99. The van der Waals surface area contributed by atoms with Crippen LogP contribution in [0, 0.1) is 0 Å². The largest absolute Gasteiger partial charge is 0.508 e. The maximum Gasteiger partial charge on any atom is 0.508 e. The lowest BCUT2D eigenvalue weighted by Gasteiger charge is -1.93. The van der Waals surface area contributed by atoms with Gasteiger partial charge in [-0.1, -0.05) is 12.7 Å². The summed E-state index contributed by atoms with van der Waals surface area (Å²) in [6.07, 6.45) is 2.78. The fourth-order valence-corrected chi connectivity index (χ4v) is 0.341. The average Bonchev–Trinajstić information content (AvgIpc) is 1.82. The monoisotopic (exact) mass is 125 g/mol. The molecule has 0 aromatic heterocycles. The molecule has 0 aliphatic rings. The van der Waals surface area contributed by atoms with Crippen molar-refractivity contribution >= 4 is 13.8 Å². The summed E-state index contributed by atoms with van der Waals surface area (Å²) in [5, 5.41) is 16.9. The van der Waals surface area contributed by atoms with E-state index in [4.69, 9.17) is 10.0 Å². The van der Waals surface area contributed by atoms with E-state index >= 15 is 0 Å². The molecule has 0 aliphatic heterocycles. The quantitative estimate of drug-likeness (QED) is 0.311. The second kappa shape index (κ2) is 4.06. The van der Waals surface area contributed by atoms with Crippen LogP contribution >= 0.6 is 0 Å². The minimum absolute atomic E-state index is 0.102. The zero-order chi connectivity index (χ0) is 7.28. The van der Waals surface area contributed by atoms with Gasteiger partial charge < -0.3 is 10.0 Å². The molecule has 48 valence electrons. The zero-order valence-corrected chi connectivity index (χ0v) is 4.99. The molecule has 4 heteroatoms. The van der Waals surface area contributed by atoms with Crippen molar-refractivity contribution in [3.8, 4) is 0 Å². The van der Waals surface area contributed by atoms with Crippen LogP contribution in [-0.2, 0) is 0 Å². The molecule has 0 aromatic carbocycles. The van der Waals surface area contributed by atoms with Crippen LogP contribution in [0.15, 0.2) is 29.3 Å². The molecule has 2 N–H and O–H groups in total. The first-order valence-corrected chi connectivity index (χ1v) is 2.38. The van der Waals surface area contributed by atoms with E-state index in [0.29, 0.717) is 0 Å². The summed E-state index contributed by atoms with van der Waals surface area (Å²) < 4.78 is 0. The molecular formula is C5H8BNO2. The van der Waals surface area contributed by atoms with Crippen molar-refractivity contribution in [2.45, 2.75) is 0 Å². The molecule has 0 bridgehead atoms. The molecule has 0 aliphatic carbocycles. The number of aliphatic imine (C=N–C) groups is 1. The normalized spacial score (nSPS) is 10.7. The lowest BCUT2D eigenvalue weighted by atomic mass is 9.86. The van der Waals surface area contributed by atoms with Crippen molar-refractivity contribution in [3.63, 3.8) is 0 Å². The Morgan fingerprint density at radius 2 is 2.11 bits per heavy atom. The molecule has 0 aromatic rings. The maximum atomic E-state index is 8.45. The highest BCUT2D eigenvalue weighted by Gasteiger charge is 2.10. The Kier molecular flexibility index (Phi) is 3.67. The smallest absolute Gasteiger partial charge is 0.422 e. The first-order valence-electron chi connectivity index (χ1n) is 2.38. The van der Waals surface area contributed by atoms with Crippen molar-refractivity contribution in [1.82, 2.24) is 0 Å². The Morgan fingerprint density at radius 3 is 2.22 bits per heavy atom. The highest BCUT2D eigenvalue weighted by atomic mass is 16.4. The van der Waals surface area contributed by atoms with Crippen molar-refractivity contribution < 1.29 is 10.0 Å². The SMILES string of the molecule is C=C/C=C(\N=C)B(O)O. The van der Waals surface area contributed by atoms with Crippen molar-refractivity contribution in [1.29, 1.82) is 0 Å². The lowest BCUT2D eigenvalue weighted by Crippen LogP contribution is -2.13. The third-order valence-electron chi connectivity index (χ3n) is 0.736. The van der Waals surface area contributed by atoms with Crippen LogP contribution in [-0.4, -0.2) is 23.9 Å². The van der Waals surface area contributed by atoms with Gasteiger partial charge in [0.1, 0.15) is 0 Å². The van der Waals surface area contributed by atoms with Gasteiger partial charge in [-0.05, 0) is 12.8 Å². The van der Waals surface area contributed by atoms with Crippen molar-refractivity contribution in [2.75, 3.05) is 0 Å². The third kappa shape index (κ3) is 2.84. The molecule has 9 heavy (non-hydrogen) atoms. The number of hydrogen-bond acceptors (Lipinski definition) is 3. The Bertz CT molecular complexity index is 142. The highest BCUT2D eigenvalue weighted by molar-refractivity contribution is 6.50. The van der Waals surface area contributed by atoms with E-state index in [1.807, 2.05) is 0 Å². The molecule has 0 spiro atoms. The molecule has 0 amide bonds. The van der Waals surface area contributed by atoms with Gasteiger partial charge >= 0.3 is 7.12 Å². The van der Waals surface area contributed by atoms with Gasteiger partial charge in [0.2, 0.25) is 0 Å². The number of hydrogen-bond donors (Lipinski definition) is 2. The predicted octanol–water partition coefficient (Wildman–Crippen LogP) is -0.231. The predicted molar refractivity (Wildman–Crippen MR) is 38.0 cm³/mol. The average molecular weight is 125 g/mol. The van der Waals surface area contributed by atoms with Gasteiger partial charge in [0.05, 0.1) is 5.60 Å². The molecule has 0 saturated carbocycles. The van der Waals surface area contributed by atoms with Crippen molar-refractivity contribution in [2.24, 2.45) is 4.99 Å². The standard InChI is InChI=1S/C5H8BNO2/c1-3-4-5(7-2)6(8)9/h3-4,8-9H,1-2H2/b5-4-. The van der Waals surface area contributed by atoms with E-state index in [9.17, 15) is 0 Å². The minimum atomic E-state index is -1.56. The molecule has 0 fully saturated rings. The lowest BCUT2D eigenvalue weighted by molar-refractivity contribution is 0.418. The van der Waals surface area contributed by atoms with Gasteiger partial charge in [0, 0.05) is 0 Å². The Morgan fingerprint density at radius 1 is 1.56 bits per heavy atom. The van der Waals surface area contributed by atoms with Crippen molar-refractivity contribution in [3.05, 3.63) is 24.3 Å². The number of allylic oxidation sites excluding steroid dienone is 2. The summed E-state index contributed by atoms with van der Waals surface area (Å²) in [6, 6.07) is 0. The second-order valence-corrected chi connectivity index (χ2v) is 1.36. The van der Waals surface area contributed by atoms with E-state index in [-0.39, 0.29) is 5.60 Å². The first kappa shape index (κ1) is 8.13. The number of rotatable bonds is 3. The molecule has 0 radical (unpaired) electrons. The van der Waals surface area contributed by atoms with Crippen LogP contribution in [0.1, 0.15) is 0 Å². The molecule has 0 saturated heterocycles. The summed E-state index contributed by atoms with van der Waals surface area (Å²) in [4.78, 5) is 3.32. The van der Waals surface area contributed by atoms with Gasteiger partial charge in [-0.2, -0.15) is 0 Å². The minimum Gasteiger partial charge on any atom is -0.422 e. The Labute approximate surface area is 54.2 Å². The second-order valence-electron chi connectivity index (χ2n) is 1.36. The van der Waals surface area contributed by atoms with E-state index in [0.717, 1.165) is 0 Å². The van der Waals surface area contributed by atoms with E-state index in [1.54, 1.807) is 0 Å². The van der Waals surface area contributed by atoms with Crippen LogP contribution in [0.5, 0.6) is 0 Å². The molecule has 0 heterocycles. The van der Waals surface area contributed by atoms with Gasteiger partial charge in [0.15, 0.2) is 0 Å². The third-order valence-corrected chi connectivity index (χ3v) is 0.736. The summed E-state index contributed by atoms with van der Waals surface area (Å²) in [5.41, 5.74) is 0.102. The van der Waals surface area contributed by atoms with Gasteiger partial charge in [-0.15, -0.1) is 0 Å². The fraction of sp³-hybridized carbons (Fsp3) is 0. The molecule has 3 nitrogen and oxygen atoms in total.